The first-order valence-electron chi connectivity index (χ1n) is 7.08. The Hall–Kier alpha value is -1.63. The predicted molar refractivity (Wildman–Crippen MR) is 73.8 cm³/mol. The molecule has 2 amide bonds. The first kappa shape index (κ1) is 14.8. The van der Waals surface area contributed by atoms with Crippen LogP contribution in [0.4, 0.5) is 4.79 Å². The van der Waals surface area contributed by atoms with E-state index in [1.807, 2.05) is 0 Å². The predicted octanol–water partition coefficient (Wildman–Crippen LogP) is 0.508. The second kappa shape index (κ2) is 6.69. The van der Waals surface area contributed by atoms with Crippen LogP contribution in [-0.4, -0.2) is 50.5 Å². The summed E-state index contributed by atoms with van der Waals surface area (Å²) in [6, 6.07) is -0.157. The van der Waals surface area contributed by atoms with Gasteiger partial charge in [-0.1, -0.05) is 12.8 Å². The van der Waals surface area contributed by atoms with Crippen LogP contribution in [0.1, 0.15) is 31.5 Å². The lowest BCUT2D eigenvalue weighted by Gasteiger charge is -2.31. The third kappa shape index (κ3) is 3.93. The van der Waals surface area contributed by atoms with Crippen molar-refractivity contribution < 1.29 is 9.90 Å². The lowest BCUT2D eigenvalue weighted by molar-refractivity contribution is 0.0564. The monoisotopic (exact) mass is 281 g/mol. The van der Waals surface area contributed by atoms with Crippen molar-refractivity contribution in [2.24, 2.45) is 13.0 Å². The Morgan fingerprint density at radius 2 is 2.30 bits per heavy atom. The Balaban J connectivity index is 1.76. The zero-order chi connectivity index (χ0) is 14.5. The molecule has 1 aromatic rings. The SMILES string of the molecule is CN(C[C@@H]1CCCC[C@@H]1O)C(=O)NCc1ncn(C)n1. The van der Waals surface area contributed by atoms with Crippen LogP contribution < -0.4 is 5.32 Å². The van der Waals surface area contributed by atoms with Gasteiger partial charge in [0.25, 0.3) is 0 Å². The highest BCUT2D eigenvalue weighted by atomic mass is 16.3. The highest BCUT2D eigenvalue weighted by Gasteiger charge is 2.25. The van der Waals surface area contributed by atoms with E-state index in [1.54, 1.807) is 30.0 Å². The Morgan fingerprint density at radius 1 is 1.55 bits per heavy atom. The molecule has 7 heteroatoms. The standard InChI is InChI=1S/C13H23N5O2/c1-17(8-10-5-3-4-6-11(10)19)13(20)14-7-12-15-9-18(2)16-12/h9-11,19H,3-8H2,1-2H3,(H,14,20)/t10-,11-/m0/s1. The van der Waals surface area contributed by atoms with E-state index in [1.165, 1.54) is 0 Å². The van der Waals surface area contributed by atoms with Crippen molar-refractivity contribution in [2.45, 2.75) is 38.3 Å². The van der Waals surface area contributed by atoms with Crippen LogP contribution in [-0.2, 0) is 13.6 Å². The molecule has 2 atom stereocenters. The molecule has 0 saturated heterocycles. The van der Waals surface area contributed by atoms with Gasteiger partial charge in [0.05, 0.1) is 12.6 Å². The topological polar surface area (TPSA) is 83.3 Å². The highest BCUT2D eigenvalue weighted by molar-refractivity contribution is 5.73. The van der Waals surface area contributed by atoms with Gasteiger partial charge in [0.2, 0.25) is 0 Å². The quantitative estimate of drug-likeness (QED) is 0.842. The number of aliphatic hydroxyl groups is 1. The largest absolute Gasteiger partial charge is 0.393 e. The molecule has 1 aliphatic rings. The minimum absolute atomic E-state index is 0.157. The summed E-state index contributed by atoms with van der Waals surface area (Å²) in [6.07, 6.45) is 5.37. The molecular weight excluding hydrogens is 258 g/mol. The molecule has 112 valence electrons. The van der Waals surface area contributed by atoms with Crippen molar-refractivity contribution in [1.29, 1.82) is 0 Å². The average Bonchev–Trinajstić information content (AvgIpc) is 2.84. The van der Waals surface area contributed by atoms with Crippen LogP contribution in [0.25, 0.3) is 0 Å². The molecule has 0 radical (unpaired) electrons. The zero-order valence-corrected chi connectivity index (χ0v) is 12.1. The van der Waals surface area contributed by atoms with Crippen LogP contribution in [0.2, 0.25) is 0 Å². The Morgan fingerprint density at radius 3 is 2.95 bits per heavy atom. The van der Waals surface area contributed by atoms with E-state index >= 15 is 0 Å². The van der Waals surface area contributed by atoms with Crippen LogP contribution in [0.3, 0.4) is 0 Å². The summed E-state index contributed by atoms with van der Waals surface area (Å²) in [5, 5.41) is 16.8. The third-order valence-corrected chi connectivity index (χ3v) is 3.77. The summed E-state index contributed by atoms with van der Waals surface area (Å²) >= 11 is 0. The van der Waals surface area contributed by atoms with Crippen molar-refractivity contribution in [3.8, 4) is 0 Å². The van der Waals surface area contributed by atoms with E-state index in [9.17, 15) is 9.90 Å². The molecule has 1 heterocycles. The number of nitrogens with one attached hydrogen (secondary N) is 1. The smallest absolute Gasteiger partial charge is 0.317 e. The lowest BCUT2D eigenvalue weighted by atomic mass is 9.86. The van der Waals surface area contributed by atoms with Gasteiger partial charge >= 0.3 is 6.03 Å². The lowest BCUT2D eigenvalue weighted by Crippen LogP contribution is -2.42. The summed E-state index contributed by atoms with van der Waals surface area (Å²) in [7, 11) is 3.54. The highest BCUT2D eigenvalue weighted by Crippen LogP contribution is 2.24. The average molecular weight is 281 g/mol. The summed E-state index contributed by atoms with van der Waals surface area (Å²) in [6.45, 7) is 0.903. The first-order valence-corrected chi connectivity index (χ1v) is 7.08. The molecule has 1 aliphatic carbocycles. The number of carbonyl (C=O) groups is 1. The van der Waals surface area contributed by atoms with E-state index in [0.29, 0.717) is 18.9 Å². The third-order valence-electron chi connectivity index (χ3n) is 3.77. The number of amides is 2. The van der Waals surface area contributed by atoms with Crippen LogP contribution in [0, 0.1) is 5.92 Å². The molecule has 2 rings (SSSR count). The molecule has 7 nitrogen and oxygen atoms in total. The molecule has 1 aromatic heterocycles. The van der Waals surface area contributed by atoms with Crippen LogP contribution in [0.5, 0.6) is 0 Å². The zero-order valence-electron chi connectivity index (χ0n) is 12.1. The van der Waals surface area contributed by atoms with Crippen LogP contribution in [0.15, 0.2) is 6.33 Å². The number of nitrogens with zero attached hydrogens (tertiary/aromatic N) is 4. The molecule has 2 N–H and O–H groups in total. The maximum atomic E-state index is 12.0. The van der Waals surface area contributed by atoms with Gasteiger partial charge in [-0.15, -0.1) is 0 Å². The Bertz CT molecular complexity index is 448. The van der Waals surface area contributed by atoms with Gasteiger partial charge in [0.15, 0.2) is 5.82 Å². The molecule has 1 fully saturated rings. The minimum atomic E-state index is -0.281. The molecule has 0 aromatic carbocycles. The Labute approximate surface area is 119 Å². The van der Waals surface area contributed by atoms with Crippen molar-refractivity contribution in [3.63, 3.8) is 0 Å². The summed E-state index contributed by atoms with van der Waals surface area (Å²) in [5.41, 5.74) is 0. The summed E-state index contributed by atoms with van der Waals surface area (Å²) in [5.74, 6) is 0.777. The van der Waals surface area contributed by atoms with Gasteiger partial charge in [0, 0.05) is 26.6 Å². The number of aliphatic hydroxyl groups excluding tert-OH is 1. The van der Waals surface area contributed by atoms with Gasteiger partial charge in [-0.05, 0) is 12.8 Å². The van der Waals surface area contributed by atoms with Crippen molar-refractivity contribution >= 4 is 6.03 Å². The van der Waals surface area contributed by atoms with E-state index < -0.39 is 0 Å². The summed E-state index contributed by atoms with van der Waals surface area (Å²) in [4.78, 5) is 17.7. The molecular formula is C13H23N5O2. The second-order valence-electron chi connectivity index (χ2n) is 5.49. The van der Waals surface area contributed by atoms with Crippen molar-refractivity contribution in [3.05, 3.63) is 12.2 Å². The van der Waals surface area contributed by atoms with Gasteiger partial charge in [-0.2, -0.15) is 5.10 Å². The number of urea groups is 1. The maximum absolute atomic E-state index is 12.0. The fraction of sp³-hybridized carbons (Fsp3) is 0.769. The number of hydrogen-bond donors (Lipinski definition) is 2. The molecule has 0 unspecified atom stereocenters. The van der Waals surface area contributed by atoms with E-state index in [0.717, 1.165) is 25.7 Å². The molecule has 20 heavy (non-hydrogen) atoms. The number of carbonyl (C=O) groups excluding carboxylic acids is 1. The van der Waals surface area contributed by atoms with E-state index in [-0.39, 0.29) is 18.1 Å². The number of aryl methyl sites for hydroxylation is 1. The fourth-order valence-corrected chi connectivity index (χ4v) is 2.59. The Kier molecular flexibility index (Phi) is 4.94. The maximum Gasteiger partial charge on any atom is 0.317 e. The normalized spacial score (nSPS) is 22.6. The number of rotatable bonds is 4. The van der Waals surface area contributed by atoms with Gasteiger partial charge in [-0.25, -0.2) is 9.78 Å². The minimum Gasteiger partial charge on any atom is -0.393 e. The van der Waals surface area contributed by atoms with E-state index in [2.05, 4.69) is 15.4 Å². The molecule has 0 aliphatic heterocycles. The number of hydrogen-bond acceptors (Lipinski definition) is 4. The molecule has 1 saturated carbocycles. The molecule has 0 bridgehead atoms. The van der Waals surface area contributed by atoms with Gasteiger partial charge in [0.1, 0.15) is 6.33 Å². The van der Waals surface area contributed by atoms with Crippen LogP contribution >= 0.6 is 0 Å². The van der Waals surface area contributed by atoms with Crippen molar-refractivity contribution in [2.75, 3.05) is 13.6 Å². The number of aromatic nitrogens is 3. The fourth-order valence-electron chi connectivity index (χ4n) is 2.59. The molecule has 0 spiro atoms. The van der Waals surface area contributed by atoms with Crippen molar-refractivity contribution in [1.82, 2.24) is 25.0 Å². The second-order valence-corrected chi connectivity index (χ2v) is 5.49. The summed E-state index contributed by atoms with van der Waals surface area (Å²) < 4.78 is 1.60. The van der Waals surface area contributed by atoms with Gasteiger partial charge < -0.3 is 15.3 Å². The van der Waals surface area contributed by atoms with Gasteiger partial charge in [-0.3, -0.25) is 4.68 Å². The van der Waals surface area contributed by atoms with E-state index in [4.69, 9.17) is 0 Å². The first-order chi connectivity index (χ1) is 9.56.